The summed E-state index contributed by atoms with van der Waals surface area (Å²) in [7, 11) is 1.44. The molecular weight excluding hydrogens is 244 g/mol. The van der Waals surface area contributed by atoms with Gasteiger partial charge in [-0.15, -0.1) is 6.58 Å². The van der Waals surface area contributed by atoms with Crippen LogP contribution in [0.1, 0.15) is 6.42 Å². The number of methoxy groups -OCH3 is 1. The van der Waals surface area contributed by atoms with Crippen molar-refractivity contribution < 1.29 is 9.53 Å². The molecule has 0 saturated heterocycles. The van der Waals surface area contributed by atoms with Crippen LogP contribution in [0.5, 0.6) is 5.88 Å². The first-order valence-electron chi connectivity index (χ1n) is 4.82. The Morgan fingerprint density at radius 2 is 2.47 bits per heavy atom. The highest BCUT2D eigenvalue weighted by molar-refractivity contribution is 6.29. The number of halogens is 1. The summed E-state index contributed by atoms with van der Waals surface area (Å²) in [5.74, 6) is -0.0920. The van der Waals surface area contributed by atoms with Crippen molar-refractivity contribution in [3.05, 3.63) is 23.9 Å². The van der Waals surface area contributed by atoms with Crippen LogP contribution in [0.15, 0.2) is 18.7 Å². The molecule has 7 heteroatoms. The molecule has 1 aromatic rings. The lowest BCUT2D eigenvalue weighted by Crippen LogP contribution is -2.35. The van der Waals surface area contributed by atoms with Gasteiger partial charge in [0.15, 0.2) is 0 Å². The molecule has 17 heavy (non-hydrogen) atoms. The first-order chi connectivity index (χ1) is 8.06. The SMILES string of the molecule is C=CCC(N)C(=O)Nc1nc(Cl)cc(OC)n1. The molecule has 3 N–H and O–H groups in total. The van der Waals surface area contributed by atoms with Gasteiger partial charge in [0.25, 0.3) is 0 Å². The molecule has 1 rings (SSSR count). The average Bonchev–Trinajstić information content (AvgIpc) is 2.28. The Hall–Kier alpha value is -1.66. The number of nitrogens with one attached hydrogen (secondary N) is 1. The van der Waals surface area contributed by atoms with E-state index in [1.165, 1.54) is 13.2 Å². The van der Waals surface area contributed by atoms with Gasteiger partial charge < -0.3 is 10.5 Å². The summed E-state index contributed by atoms with van der Waals surface area (Å²) < 4.78 is 4.89. The van der Waals surface area contributed by atoms with Gasteiger partial charge in [-0.3, -0.25) is 10.1 Å². The highest BCUT2D eigenvalue weighted by Crippen LogP contribution is 2.15. The topological polar surface area (TPSA) is 90.1 Å². The second-order valence-corrected chi connectivity index (χ2v) is 3.56. The lowest BCUT2D eigenvalue weighted by molar-refractivity contribution is -0.117. The minimum absolute atomic E-state index is 0.0545. The molecule has 0 spiro atoms. The Bertz CT molecular complexity index is 425. The molecule has 0 aliphatic carbocycles. The van der Waals surface area contributed by atoms with Gasteiger partial charge in [0.2, 0.25) is 17.7 Å². The number of hydrogen-bond acceptors (Lipinski definition) is 5. The fourth-order valence-corrected chi connectivity index (χ4v) is 1.22. The molecule has 1 amide bonds. The predicted molar refractivity (Wildman–Crippen MR) is 65.0 cm³/mol. The largest absolute Gasteiger partial charge is 0.481 e. The number of aromatic nitrogens is 2. The fourth-order valence-electron chi connectivity index (χ4n) is 1.05. The number of nitrogens with zero attached hydrogens (tertiary/aromatic N) is 2. The minimum atomic E-state index is -0.693. The maximum Gasteiger partial charge on any atom is 0.243 e. The third kappa shape index (κ3) is 4.01. The summed E-state index contributed by atoms with van der Waals surface area (Å²) in [6.45, 7) is 3.50. The highest BCUT2D eigenvalue weighted by atomic mass is 35.5. The molecule has 1 heterocycles. The molecule has 6 nitrogen and oxygen atoms in total. The molecule has 0 radical (unpaired) electrons. The van der Waals surface area contributed by atoms with E-state index in [1.807, 2.05) is 0 Å². The summed E-state index contributed by atoms with van der Waals surface area (Å²) in [6.07, 6.45) is 1.92. The van der Waals surface area contributed by atoms with Gasteiger partial charge in [0, 0.05) is 6.07 Å². The van der Waals surface area contributed by atoms with Crippen LogP contribution in [0.4, 0.5) is 5.95 Å². The van der Waals surface area contributed by atoms with E-state index < -0.39 is 11.9 Å². The van der Waals surface area contributed by atoms with E-state index in [0.717, 1.165) is 0 Å². The lowest BCUT2D eigenvalue weighted by atomic mass is 10.2. The molecule has 1 aromatic heterocycles. The van der Waals surface area contributed by atoms with Crippen molar-refractivity contribution >= 4 is 23.5 Å². The van der Waals surface area contributed by atoms with Gasteiger partial charge in [-0.1, -0.05) is 17.7 Å². The number of carbonyl (C=O) groups is 1. The molecule has 0 bridgehead atoms. The second kappa shape index (κ2) is 6.17. The van der Waals surface area contributed by atoms with E-state index >= 15 is 0 Å². The van der Waals surface area contributed by atoms with E-state index in [-0.39, 0.29) is 17.0 Å². The quantitative estimate of drug-likeness (QED) is 0.605. The van der Waals surface area contributed by atoms with Gasteiger partial charge in [-0.05, 0) is 6.42 Å². The number of rotatable bonds is 5. The predicted octanol–water partition coefficient (Wildman–Crippen LogP) is 0.980. The first kappa shape index (κ1) is 13.4. The Kier molecular flexibility index (Phi) is 4.86. The van der Waals surface area contributed by atoms with Crippen LogP contribution in [0.3, 0.4) is 0 Å². The maximum atomic E-state index is 11.6. The van der Waals surface area contributed by atoms with E-state index in [2.05, 4.69) is 21.9 Å². The smallest absolute Gasteiger partial charge is 0.243 e. The van der Waals surface area contributed by atoms with Crippen molar-refractivity contribution in [2.75, 3.05) is 12.4 Å². The lowest BCUT2D eigenvalue weighted by Gasteiger charge is -2.09. The number of amides is 1. The summed E-state index contributed by atoms with van der Waals surface area (Å²) >= 11 is 5.72. The van der Waals surface area contributed by atoms with E-state index in [4.69, 9.17) is 22.1 Å². The van der Waals surface area contributed by atoms with Crippen LogP contribution in [-0.2, 0) is 4.79 Å². The van der Waals surface area contributed by atoms with Crippen LogP contribution in [-0.4, -0.2) is 29.0 Å². The molecule has 0 aliphatic rings. The molecule has 0 aliphatic heterocycles. The van der Waals surface area contributed by atoms with Crippen LogP contribution in [0.2, 0.25) is 5.15 Å². The number of nitrogens with two attached hydrogens (primary N) is 1. The zero-order valence-corrected chi connectivity index (χ0v) is 10.1. The summed E-state index contributed by atoms with van der Waals surface area (Å²) in [5, 5.41) is 2.61. The summed E-state index contributed by atoms with van der Waals surface area (Å²) in [5.41, 5.74) is 5.58. The van der Waals surface area contributed by atoms with E-state index in [1.54, 1.807) is 6.08 Å². The van der Waals surface area contributed by atoms with Crippen molar-refractivity contribution in [2.24, 2.45) is 5.73 Å². The minimum Gasteiger partial charge on any atom is -0.481 e. The molecule has 0 fully saturated rings. The number of ether oxygens (including phenoxy) is 1. The third-order valence-corrected chi connectivity index (χ3v) is 2.07. The number of anilines is 1. The van der Waals surface area contributed by atoms with Crippen LogP contribution in [0, 0.1) is 0 Å². The molecule has 1 atom stereocenters. The van der Waals surface area contributed by atoms with Crippen molar-refractivity contribution in [1.29, 1.82) is 0 Å². The average molecular weight is 257 g/mol. The normalized spacial score (nSPS) is 11.7. The Morgan fingerprint density at radius 1 is 1.76 bits per heavy atom. The Labute approximate surface area is 104 Å². The second-order valence-electron chi connectivity index (χ2n) is 3.18. The van der Waals surface area contributed by atoms with Crippen molar-refractivity contribution in [2.45, 2.75) is 12.5 Å². The van der Waals surface area contributed by atoms with Gasteiger partial charge in [-0.2, -0.15) is 4.98 Å². The maximum absolute atomic E-state index is 11.6. The monoisotopic (exact) mass is 256 g/mol. The van der Waals surface area contributed by atoms with E-state index in [9.17, 15) is 4.79 Å². The van der Waals surface area contributed by atoms with E-state index in [0.29, 0.717) is 6.42 Å². The van der Waals surface area contributed by atoms with Crippen LogP contribution < -0.4 is 15.8 Å². The van der Waals surface area contributed by atoms with Gasteiger partial charge in [0.1, 0.15) is 5.15 Å². The van der Waals surface area contributed by atoms with Gasteiger partial charge >= 0.3 is 0 Å². The number of hydrogen-bond donors (Lipinski definition) is 2. The molecule has 0 saturated carbocycles. The molecular formula is C10H13ClN4O2. The standard InChI is InChI=1S/C10H13ClN4O2/c1-3-4-6(12)9(16)15-10-13-7(11)5-8(14-10)17-2/h3,5-6H,1,4,12H2,2H3,(H,13,14,15,16). The molecule has 1 unspecified atom stereocenters. The van der Waals surface area contributed by atoms with Gasteiger partial charge in [0.05, 0.1) is 13.2 Å². The summed E-state index contributed by atoms with van der Waals surface area (Å²) in [6, 6.07) is 0.738. The van der Waals surface area contributed by atoms with Crippen LogP contribution in [0.25, 0.3) is 0 Å². The zero-order valence-electron chi connectivity index (χ0n) is 9.31. The fraction of sp³-hybridized carbons (Fsp3) is 0.300. The molecule has 0 aromatic carbocycles. The Morgan fingerprint density at radius 3 is 3.06 bits per heavy atom. The third-order valence-electron chi connectivity index (χ3n) is 1.87. The number of carbonyl (C=O) groups excluding carboxylic acids is 1. The van der Waals surface area contributed by atoms with Crippen molar-refractivity contribution in [1.82, 2.24) is 9.97 Å². The molecule has 92 valence electrons. The van der Waals surface area contributed by atoms with Crippen molar-refractivity contribution in [3.8, 4) is 5.88 Å². The highest BCUT2D eigenvalue weighted by Gasteiger charge is 2.14. The Balaban J connectivity index is 2.77. The van der Waals surface area contributed by atoms with Crippen LogP contribution >= 0.6 is 11.6 Å². The zero-order chi connectivity index (χ0) is 12.8. The first-order valence-corrected chi connectivity index (χ1v) is 5.20. The summed E-state index contributed by atoms with van der Waals surface area (Å²) in [4.78, 5) is 19.3. The van der Waals surface area contributed by atoms with Gasteiger partial charge in [-0.25, -0.2) is 4.98 Å². The van der Waals surface area contributed by atoms with Crippen molar-refractivity contribution in [3.63, 3.8) is 0 Å².